The molecule has 1 N–H and O–H groups in total. The summed E-state index contributed by atoms with van der Waals surface area (Å²) in [5.41, 5.74) is 0. The van der Waals surface area contributed by atoms with Gasteiger partial charge in [0, 0.05) is 11.9 Å². The SMILES string of the molecule is CC(C)CC(Cl)CNS(=O)(=O)c1ccc(F)c(F)c1. The Balaban J connectivity index is 2.73. The normalized spacial score (nSPS) is 13.8. The van der Waals surface area contributed by atoms with Crippen molar-refractivity contribution in [3.05, 3.63) is 29.8 Å². The third-order valence-corrected chi connectivity index (χ3v) is 4.18. The number of hydrogen-bond acceptors (Lipinski definition) is 2. The maximum Gasteiger partial charge on any atom is 0.240 e. The van der Waals surface area contributed by atoms with E-state index in [4.69, 9.17) is 11.6 Å². The van der Waals surface area contributed by atoms with Gasteiger partial charge in [-0.1, -0.05) is 13.8 Å². The molecule has 0 aliphatic rings. The fourth-order valence-corrected chi connectivity index (χ4v) is 3.14. The summed E-state index contributed by atoms with van der Waals surface area (Å²) >= 11 is 5.96. The number of sulfonamides is 1. The van der Waals surface area contributed by atoms with Crippen LogP contribution in [0.2, 0.25) is 0 Å². The van der Waals surface area contributed by atoms with Crippen LogP contribution in [0, 0.1) is 17.6 Å². The molecule has 1 rings (SSSR count). The number of nitrogens with one attached hydrogen (secondary N) is 1. The minimum atomic E-state index is -3.87. The third-order valence-electron chi connectivity index (χ3n) is 2.42. The predicted molar refractivity (Wildman–Crippen MR) is 70.6 cm³/mol. The van der Waals surface area contributed by atoms with E-state index in [1.54, 1.807) is 0 Å². The van der Waals surface area contributed by atoms with E-state index in [2.05, 4.69) is 4.72 Å². The molecule has 0 aliphatic heterocycles. The summed E-state index contributed by atoms with van der Waals surface area (Å²) in [4.78, 5) is -0.320. The highest BCUT2D eigenvalue weighted by molar-refractivity contribution is 7.89. The first-order valence-electron chi connectivity index (χ1n) is 5.81. The second-order valence-electron chi connectivity index (χ2n) is 4.65. The van der Waals surface area contributed by atoms with Crippen LogP contribution in [0.5, 0.6) is 0 Å². The van der Waals surface area contributed by atoms with Gasteiger partial charge in [0.25, 0.3) is 0 Å². The molecule has 0 saturated carbocycles. The molecule has 0 amide bonds. The quantitative estimate of drug-likeness (QED) is 0.821. The molecule has 1 aromatic carbocycles. The van der Waals surface area contributed by atoms with E-state index in [0.717, 1.165) is 12.1 Å². The van der Waals surface area contributed by atoms with E-state index in [1.165, 1.54) is 0 Å². The summed E-state index contributed by atoms with van der Waals surface area (Å²) in [6, 6.07) is 2.42. The Labute approximate surface area is 117 Å². The molecular formula is C12H16ClF2NO2S. The second kappa shape index (κ2) is 6.63. The van der Waals surface area contributed by atoms with Crippen molar-refractivity contribution in [3.8, 4) is 0 Å². The predicted octanol–water partition coefficient (Wildman–Crippen LogP) is 2.90. The Hall–Kier alpha value is -0.720. The lowest BCUT2D eigenvalue weighted by Crippen LogP contribution is -2.30. The molecule has 1 aromatic rings. The largest absolute Gasteiger partial charge is 0.240 e. The highest BCUT2D eigenvalue weighted by Crippen LogP contribution is 2.15. The monoisotopic (exact) mass is 311 g/mol. The summed E-state index contributed by atoms with van der Waals surface area (Å²) in [5.74, 6) is -1.95. The van der Waals surface area contributed by atoms with E-state index >= 15 is 0 Å². The average molecular weight is 312 g/mol. The third kappa shape index (κ3) is 5.04. The zero-order chi connectivity index (χ0) is 14.6. The van der Waals surface area contributed by atoms with Crippen molar-refractivity contribution in [1.29, 1.82) is 0 Å². The van der Waals surface area contributed by atoms with Crippen LogP contribution in [0.1, 0.15) is 20.3 Å². The summed E-state index contributed by atoms with van der Waals surface area (Å²) in [5, 5.41) is -0.347. The van der Waals surface area contributed by atoms with E-state index in [1.807, 2.05) is 13.8 Å². The zero-order valence-corrected chi connectivity index (χ0v) is 12.2. The van der Waals surface area contributed by atoms with Gasteiger partial charge in [0.15, 0.2) is 11.6 Å². The van der Waals surface area contributed by atoms with Gasteiger partial charge in [0.05, 0.1) is 4.90 Å². The van der Waals surface area contributed by atoms with Gasteiger partial charge in [-0.3, -0.25) is 0 Å². The first-order chi connectivity index (χ1) is 8.72. The van der Waals surface area contributed by atoms with Crippen LogP contribution in [0.4, 0.5) is 8.78 Å². The average Bonchev–Trinajstić information content (AvgIpc) is 2.29. The van der Waals surface area contributed by atoms with Crippen LogP contribution in [-0.2, 0) is 10.0 Å². The summed E-state index contributed by atoms with van der Waals surface area (Å²) < 4.78 is 51.7. The van der Waals surface area contributed by atoms with Crippen molar-refractivity contribution >= 4 is 21.6 Å². The molecular weight excluding hydrogens is 296 g/mol. The van der Waals surface area contributed by atoms with Crippen molar-refractivity contribution < 1.29 is 17.2 Å². The highest BCUT2D eigenvalue weighted by Gasteiger charge is 2.18. The molecule has 0 radical (unpaired) electrons. The van der Waals surface area contributed by atoms with Crippen LogP contribution in [0.25, 0.3) is 0 Å². The first kappa shape index (κ1) is 16.3. The molecule has 19 heavy (non-hydrogen) atoms. The zero-order valence-electron chi connectivity index (χ0n) is 10.7. The lowest BCUT2D eigenvalue weighted by Gasteiger charge is -2.13. The fourth-order valence-electron chi connectivity index (χ4n) is 1.52. The van der Waals surface area contributed by atoms with E-state index in [9.17, 15) is 17.2 Å². The van der Waals surface area contributed by atoms with Gasteiger partial charge in [0.1, 0.15) is 0 Å². The summed E-state index contributed by atoms with van der Waals surface area (Å²) in [6.07, 6.45) is 0.655. The van der Waals surface area contributed by atoms with Crippen molar-refractivity contribution in [2.45, 2.75) is 30.5 Å². The van der Waals surface area contributed by atoms with Gasteiger partial charge in [0.2, 0.25) is 10.0 Å². The maximum absolute atomic E-state index is 13.0. The van der Waals surface area contributed by atoms with Gasteiger partial charge in [-0.05, 0) is 30.5 Å². The maximum atomic E-state index is 13.0. The van der Waals surface area contributed by atoms with Crippen LogP contribution in [0.15, 0.2) is 23.1 Å². The molecule has 0 spiro atoms. The van der Waals surface area contributed by atoms with Gasteiger partial charge < -0.3 is 0 Å². The molecule has 1 atom stereocenters. The number of halogens is 3. The van der Waals surface area contributed by atoms with Crippen LogP contribution in [0.3, 0.4) is 0 Å². The topological polar surface area (TPSA) is 46.2 Å². The molecule has 1 unspecified atom stereocenters. The van der Waals surface area contributed by atoms with Crippen molar-refractivity contribution in [2.24, 2.45) is 5.92 Å². The van der Waals surface area contributed by atoms with Crippen LogP contribution in [-0.4, -0.2) is 20.3 Å². The number of rotatable bonds is 6. The minimum Gasteiger partial charge on any atom is -0.210 e. The van der Waals surface area contributed by atoms with E-state index in [0.29, 0.717) is 18.4 Å². The van der Waals surface area contributed by atoms with Crippen LogP contribution < -0.4 is 4.72 Å². The number of hydrogen-bond donors (Lipinski definition) is 1. The van der Waals surface area contributed by atoms with Crippen LogP contribution >= 0.6 is 11.6 Å². The summed E-state index contributed by atoms with van der Waals surface area (Å²) in [6.45, 7) is 3.99. The van der Waals surface area contributed by atoms with E-state index in [-0.39, 0.29) is 16.8 Å². The Morgan fingerprint density at radius 3 is 2.42 bits per heavy atom. The van der Waals surface area contributed by atoms with Gasteiger partial charge >= 0.3 is 0 Å². The lowest BCUT2D eigenvalue weighted by atomic mass is 10.1. The summed E-state index contributed by atoms with van der Waals surface area (Å²) in [7, 11) is -3.87. The minimum absolute atomic E-state index is 0.0427. The van der Waals surface area contributed by atoms with Crippen molar-refractivity contribution in [2.75, 3.05) is 6.54 Å². The standard InChI is InChI=1S/C12H16ClF2NO2S/c1-8(2)5-9(13)7-16-19(17,18)10-3-4-11(14)12(15)6-10/h3-4,6,8-9,16H,5,7H2,1-2H3. The molecule has 108 valence electrons. The highest BCUT2D eigenvalue weighted by atomic mass is 35.5. The molecule has 0 heterocycles. The number of benzene rings is 1. The smallest absolute Gasteiger partial charge is 0.210 e. The molecule has 0 aromatic heterocycles. The molecule has 0 saturated heterocycles. The van der Waals surface area contributed by atoms with Gasteiger partial charge in [-0.15, -0.1) is 11.6 Å². The second-order valence-corrected chi connectivity index (χ2v) is 7.04. The Morgan fingerprint density at radius 1 is 1.26 bits per heavy atom. The van der Waals surface area contributed by atoms with Gasteiger partial charge in [-0.25, -0.2) is 21.9 Å². The van der Waals surface area contributed by atoms with Gasteiger partial charge in [-0.2, -0.15) is 0 Å². The Kier molecular flexibility index (Phi) is 5.70. The molecule has 3 nitrogen and oxygen atoms in total. The molecule has 0 fully saturated rings. The fraction of sp³-hybridized carbons (Fsp3) is 0.500. The number of alkyl halides is 1. The van der Waals surface area contributed by atoms with Crippen molar-refractivity contribution in [1.82, 2.24) is 4.72 Å². The molecule has 7 heteroatoms. The first-order valence-corrected chi connectivity index (χ1v) is 7.73. The van der Waals surface area contributed by atoms with E-state index < -0.39 is 21.7 Å². The Bertz CT molecular complexity index is 535. The lowest BCUT2D eigenvalue weighted by molar-refractivity contribution is 0.503. The molecule has 0 bridgehead atoms. The van der Waals surface area contributed by atoms with Crippen molar-refractivity contribution in [3.63, 3.8) is 0 Å². The Morgan fingerprint density at radius 2 is 1.89 bits per heavy atom. The molecule has 0 aliphatic carbocycles.